The summed E-state index contributed by atoms with van der Waals surface area (Å²) in [5, 5.41) is 6.22. The number of carbonyl (C=O) groups is 2. The molecule has 0 aromatic heterocycles. The Bertz CT molecular complexity index is 799. The van der Waals surface area contributed by atoms with Crippen LogP contribution in [0.2, 0.25) is 10.0 Å². The standard InChI is InChI=1S/C19H20Cl2N2O2S/c1-3-5-18(24)22-14-6-4-7-15(11-14)26-12(2)19(25)23-17-9-8-13(20)10-16(17)21/h4,6-12H,3,5H2,1-2H3,(H,22,24)(H,23,25). The molecule has 2 aromatic carbocycles. The Morgan fingerprint density at radius 1 is 1.12 bits per heavy atom. The smallest absolute Gasteiger partial charge is 0.237 e. The molecule has 7 heteroatoms. The molecule has 2 amide bonds. The number of hydrogen-bond acceptors (Lipinski definition) is 3. The lowest BCUT2D eigenvalue weighted by molar-refractivity contribution is -0.116. The summed E-state index contributed by atoms with van der Waals surface area (Å²) in [7, 11) is 0. The highest BCUT2D eigenvalue weighted by Crippen LogP contribution is 2.29. The SMILES string of the molecule is CCCC(=O)Nc1cccc(SC(C)C(=O)Nc2ccc(Cl)cc2Cl)c1. The van der Waals surface area contributed by atoms with Crippen molar-refractivity contribution in [1.82, 2.24) is 0 Å². The molecule has 4 nitrogen and oxygen atoms in total. The number of nitrogens with one attached hydrogen (secondary N) is 2. The van der Waals surface area contributed by atoms with Gasteiger partial charge in [-0.25, -0.2) is 0 Å². The minimum absolute atomic E-state index is 0.0159. The van der Waals surface area contributed by atoms with Gasteiger partial charge in [-0.15, -0.1) is 11.8 Å². The Labute approximate surface area is 167 Å². The second-order valence-electron chi connectivity index (χ2n) is 5.70. The Kier molecular flexibility index (Phi) is 7.82. The quantitative estimate of drug-likeness (QED) is 0.562. The average Bonchev–Trinajstić information content (AvgIpc) is 2.57. The third-order valence-corrected chi connectivity index (χ3v) is 5.11. The zero-order valence-electron chi connectivity index (χ0n) is 14.5. The summed E-state index contributed by atoms with van der Waals surface area (Å²) in [5.41, 5.74) is 1.25. The van der Waals surface area contributed by atoms with Gasteiger partial charge in [0, 0.05) is 22.0 Å². The fourth-order valence-electron chi connectivity index (χ4n) is 2.18. The van der Waals surface area contributed by atoms with Crippen LogP contribution in [0.25, 0.3) is 0 Å². The van der Waals surface area contributed by atoms with Gasteiger partial charge in [-0.3, -0.25) is 9.59 Å². The molecule has 0 saturated carbocycles. The first-order valence-electron chi connectivity index (χ1n) is 8.21. The van der Waals surface area contributed by atoms with Crippen LogP contribution in [-0.4, -0.2) is 17.1 Å². The summed E-state index contributed by atoms with van der Waals surface area (Å²) in [5.74, 6) is -0.183. The van der Waals surface area contributed by atoms with Gasteiger partial charge in [0.2, 0.25) is 11.8 Å². The lowest BCUT2D eigenvalue weighted by atomic mass is 10.3. The maximum Gasteiger partial charge on any atom is 0.237 e. The molecule has 0 spiro atoms. The van der Waals surface area contributed by atoms with E-state index in [-0.39, 0.29) is 17.1 Å². The molecule has 0 aliphatic heterocycles. The normalized spacial score (nSPS) is 11.7. The van der Waals surface area contributed by atoms with Crippen LogP contribution in [0.4, 0.5) is 11.4 Å². The molecule has 2 N–H and O–H groups in total. The van der Waals surface area contributed by atoms with E-state index in [1.54, 1.807) is 18.2 Å². The third-order valence-electron chi connectivity index (χ3n) is 3.47. The van der Waals surface area contributed by atoms with Crippen LogP contribution in [0.3, 0.4) is 0 Å². The van der Waals surface area contributed by atoms with E-state index in [0.717, 1.165) is 17.0 Å². The summed E-state index contributed by atoms with van der Waals surface area (Å²) in [4.78, 5) is 25.0. The van der Waals surface area contributed by atoms with E-state index >= 15 is 0 Å². The Balaban J connectivity index is 1.99. The summed E-state index contributed by atoms with van der Waals surface area (Å²) in [6, 6.07) is 12.4. The average molecular weight is 411 g/mol. The van der Waals surface area contributed by atoms with Crippen molar-refractivity contribution in [2.75, 3.05) is 10.6 Å². The van der Waals surface area contributed by atoms with Crippen LogP contribution in [0.5, 0.6) is 0 Å². The van der Waals surface area contributed by atoms with E-state index in [1.165, 1.54) is 11.8 Å². The topological polar surface area (TPSA) is 58.2 Å². The highest BCUT2D eigenvalue weighted by molar-refractivity contribution is 8.00. The molecule has 1 unspecified atom stereocenters. The van der Waals surface area contributed by atoms with E-state index in [1.807, 2.05) is 38.1 Å². The zero-order valence-corrected chi connectivity index (χ0v) is 16.8. The first-order valence-corrected chi connectivity index (χ1v) is 9.85. The molecule has 2 aromatic rings. The van der Waals surface area contributed by atoms with Gasteiger partial charge in [0.25, 0.3) is 0 Å². The van der Waals surface area contributed by atoms with Crippen molar-refractivity contribution >= 4 is 58.2 Å². The second-order valence-corrected chi connectivity index (χ2v) is 7.96. The Morgan fingerprint density at radius 3 is 2.58 bits per heavy atom. The van der Waals surface area contributed by atoms with E-state index in [2.05, 4.69) is 10.6 Å². The summed E-state index contributed by atoms with van der Waals surface area (Å²) < 4.78 is 0. The van der Waals surface area contributed by atoms with Crippen LogP contribution in [0.15, 0.2) is 47.4 Å². The van der Waals surface area contributed by atoms with Gasteiger partial charge in [0.15, 0.2) is 0 Å². The van der Waals surface area contributed by atoms with Gasteiger partial charge in [0.1, 0.15) is 0 Å². The van der Waals surface area contributed by atoms with Crippen molar-refractivity contribution in [2.24, 2.45) is 0 Å². The molecular formula is C19H20Cl2N2O2S. The molecule has 0 heterocycles. The largest absolute Gasteiger partial charge is 0.326 e. The monoisotopic (exact) mass is 410 g/mol. The third kappa shape index (κ3) is 6.24. The fraction of sp³-hybridized carbons (Fsp3) is 0.263. The van der Waals surface area contributed by atoms with Crippen LogP contribution in [0.1, 0.15) is 26.7 Å². The molecule has 2 rings (SSSR count). The lowest BCUT2D eigenvalue weighted by Crippen LogP contribution is -2.22. The van der Waals surface area contributed by atoms with Crippen molar-refractivity contribution in [3.05, 3.63) is 52.5 Å². The Morgan fingerprint density at radius 2 is 1.88 bits per heavy atom. The van der Waals surface area contributed by atoms with Gasteiger partial charge < -0.3 is 10.6 Å². The number of rotatable bonds is 7. The van der Waals surface area contributed by atoms with Gasteiger partial charge in [-0.2, -0.15) is 0 Å². The number of anilines is 2. The van der Waals surface area contributed by atoms with Crippen molar-refractivity contribution < 1.29 is 9.59 Å². The summed E-state index contributed by atoms with van der Waals surface area (Å²) in [6.45, 7) is 3.77. The number of thioether (sulfide) groups is 1. The Hall–Kier alpha value is -1.69. The highest BCUT2D eigenvalue weighted by atomic mass is 35.5. The van der Waals surface area contributed by atoms with Crippen molar-refractivity contribution in [1.29, 1.82) is 0 Å². The lowest BCUT2D eigenvalue weighted by Gasteiger charge is -2.14. The van der Waals surface area contributed by atoms with Crippen LogP contribution >= 0.6 is 35.0 Å². The number of hydrogen-bond donors (Lipinski definition) is 2. The molecule has 0 saturated heterocycles. The molecule has 0 aliphatic carbocycles. The van der Waals surface area contributed by atoms with Gasteiger partial charge in [-0.1, -0.05) is 36.2 Å². The summed E-state index contributed by atoms with van der Waals surface area (Å²) >= 11 is 13.4. The van der Waals surface area contributed by atoms with E-state index in [0.29, 0.717) is 22.2 Å². The molecule has 0 bridgehead atoms. The number of carbonyl (C=O) groups excluding carboxylic acids is 2. The van der Waals surface area contributed by atoms with Crippen LogP contribution in [-0.2, 0) is 9.59 Å². The molecular weight excluding hydrogens is 391 g/mol. The molecule has 138 valence electrons. The van der Waals surface area contributed by atoms with E-state index < -0.39 is 0 Å². The first kappa shape index (κ1) is 20.6. The number of halogens is 2. The zero-order chi connectivity index (χ0) is 19.1. The maximum absolute atomic E-state index is 12.4. The first-order chi connectivity index (χ1) is 12.4. The van der Waals surface area contributed by atoms with Crippen molar-refractivity contribution in [3.8, 4) is 0 Å². The molecule has 26 heavy (non-hydrogen) atoms. The van der Waals surface area contributed by atoms with E-state index in [9.17, 15) is 9.59 Å². The molecule has 0 radical (unpaired) electrons. The maximum atomic E-state index is 12.4. The van der Waals surface area contributed by atoms with Crippen LogP contribution in [0, 0.1) is 0 Å². The predicted molar refractivity (Wildman–Crippen MR) is 110 cm³/mol. The van der Waals surface area contributed by atoms with Gasteiger partial charge in [0.05, 0.1) is 16.0 Å². The van der Waals surface area contributed by atoms with Crippen molar-refractivity contribution in [3.63, 3.8) is 0 Å². The number of amides is 2. The van der Waals surface area contributed by atoms with E-state index in [4.69, 9.17) is 23.2 Å². The fourth-order valence-corrected chi connectivity index (χ4v) is 3.56. The van der Waals surface area contributed by atoms with Gasteiger partial charge >= 0.3 is 0 Å². The highest BCUT2D eigenvalue weighted by Gasteiger charge is 2.16. The number of benzene rings is 2. The molecule has 1 atom stereocenters. The van der Waals surface area contributed by atoms with Crippen LogP contribution < -0.4 is 10.6 Å². The molecule has 0 aliphatic rings. The second kappa shape index (κ2) is 9.86. The van der Waals surface area contributed by atoms with Crippen molar-refractivity contribution in [2.45, 2.75) is 36.8 Å². The minimum Gasteiger partial charge on any atom is -0.326 e. The predicted octanol–water partition coefficient (Wildman–Crippen LogP) is 5.85. The molecule has 0 fully saturated rings. The summed E-state index contributed by atoms with van der Waals surface area (Å²) in [6.07, 6.45) is 1.28. The van der Waals surface area contributed by atoms with Gasteiger partial charge in [-0.05, 0) is 49.7 Å². The minimum atomic E-state index is -0.344.